The van der Waals surface area contributed by atoms with Gasteiger partial charge in [0.25, 0.3) is 0 Å². The number of carbonyl (C=O) groups is 2. The van der Waals surface area contributed by atoms with Crippen LogP contribution < -0.4 is 10.6 Å². The van der Waals surface area contributed by atoms with E-state index in [1.54, 1.807) is 0 Å². The first-order chi connectivity index (χ1) is 8.24. The lowest BCUT2D eigenvalue weighted by Crippen LogP contribution is -2.45. The summed E-state index contributed by atoms with van der Waals surface area (Å²) in [6.07, 6.45) is 6.53. The molecule has 3 saturated carbocycles. The van der Waals surface area contributed by atoms with Crippen LogP contribution in [0.1, 0.15) is 38.5 Å². The second-order valence-corrected chi connectivity index (χ2v) is 5.75. The lowest BCUT2D eigenvalue weighted by Gasteiger charge is -2.18. The van der Waals surface area contributed by atoms with Crippen molar-refractivity contribution in [3.05, 3.63) is 0 Å². The zero-order valence-electron chi connectivity index (χ0n) is 10.1. The summed E-state index contributed by atoms with van der Waals surface area (Å²) < 4.78 is 0. The van der Waals surface area contributed by atoms with Gasteiger partial charge in [0.2, 0.25) is 11.8 Å². The predicted molar refractivity (Wildman–Crippen MR) is 63.1 cm³/mol. The average Bonchev–Trinajstić information content (AvgIpc) is 3.19. The first kappa shape index (κ1) is 11.1. The highest BCUT2D eigenvalue weighted by atomic mass is 16.2. The van der Waals surface area contributed by atoms with E-state index in [1.807, 2.05) is 0 Å². The Morgan fingerprint density at radius 1 is 0.941 bits per heavy atom. The number of amides is 2. The van der Waals surface area contributed by atoms with Gasteiger partial charge in [-0.15, -0.1) is 0 Å². The first-order valence-corrected chi connectivity index (χ1v) is 6.82. The van der Waals surface area contributed by atoms with E-state index in [4.69, 9.17) is 0 Å². The van der Waals surface area contributed by atoms with Crippen LogP contribution in [0.15, 0.2) is 0 Å². The zero-order chi connectivity index (χ0) is 11.8. The van der Waals surface area contributed by atoms with Crippen molar-refractivity contribution >= 4 is 11.8 Å². The van der Waals surface area contributed by atoms with E-state index in [-0.39, 0.29) is 29.7 Å². The molecule has 3 rings (SSSR count). The van der Waals surface area contributed by atoms with Crippen molar-refractivity contribution in [2.45, 2.75) is 44.6 Å². The fraction of sp³-hybridized carbons (Fsp3) is 0.846. The molecule has 0 spiro atoms. The molecule has 0 radical (unpaired) electrons. The van der Waals surface area contributed by atoms with Crippen LogP contribution >= 0.6 is 0 Å². The second kappa shape index (κ2) is 4.31. The van der Waals surface area contributed by atoms with E-state index >= 15 is 0 Å². The summed E-state index contributed by atoms with van der Waals surface area (Å²) >= 11 is 0. The van der Waals surface area contributed by atoms with Gasteiger partial charge in [0.1, 0.15) is 0 Å². The summed E-state index contributed by atoms with van der Waals surface area (Å²) in [5, 5.41) is 6.08. The van der Waals surface area contributed by atoms with Gasteiger partial charge in [-0.2, -0.15) is 0 Å². The van der Waals surface area contributed by atoms with Gasteiger partial charge in [0.15, 0.2) is 0 Å². The fourth-order valence-corrected chi connectivity index (χ4v) is 2.18. The molecular formula is C13H20N2O2. The van der Waals surface area contributed by atoms with E-state index in [0.717, 1.165) is 25.7 Å². The Morgan fingerprint density at radius 2 is 1.53 bits per heavy atom. The van der Waals surface area contributed by atoms with Crippen LogP contribution in [-0.2, 0) is 9.59 Å². The van der Waals surface area contributed by atoms with Gasteiger partial charge in [-0.25, -0.2) is 0 Å². The van der Waals surface area contributed by atoms with Gasteiger partial charge < -0.3 is 10.6 Å². The third-order valence-electron chi connectivity index (χ3n) is 3.91. The second-order valence-electron chi connectivity index (χ2n) is 5.75. The molecule has 0 saturated heterocycles. The number of hydrogen-bond donors (Lipinski definition) is 2. The van der Waals surface area contributed by atoms with Crippen molar-refractivity contribution in [3.63, 3.8) is 0 Å². The van der Waals surface area contributed by atoms with Gasteiger partial charge in [0, 0.05) is 24.4 Å². The quantitative estimate of drug-likeness (QED) is 0.717. The third-order valence-corrected chi connectivity index (χ3v) is 3.91. The standard InChI is InChI=1S/C13H20N2O2/c16-12(9-3-4-9)14-7-11(8-1-2-8)15-13(17)10-5-6-10/h8-11H,1-7H2,(H,14,16)(H,15,17)/t11-/m0/s1. The molecule has 0 heterocycles. The highest BCUT2D eigenvalue weighted by Gasteiger charge is 2.37. The molecule has 4 nitrogen and oxygen atoms in total. The Hall–Kier alpha value is -1.06. The molecule has 3 aliphatic carbocycles. The van der Waals surface area contributed by atoms with E-state index in [2.05, 4.69) is 10.6 Å². The van der Waals surface area contributed by atoms with Crippen LogP contribution in [0.25, 0.3) is 0 Å². The van der Waals surface area contributed by atoms with Gasteiger partial charge in [-0.05, 0) is 44.4 Å². The monoisotopic (exact) mass is 236 g/mol. The molecule has 0 bridgehead atoms. The highest BCUT2D eigenvalue weighted by molar-refractivity contribution is 5.82. The molecule has 94 valence electrons. The fourth-order valence-electron chi connectivity index (χ4n) is 2.18. The van der Waals surface area contributed by atoms with Crippen LogP contribution in [0.4, 0.5) is 0 Å². The molecule has 0 aromatic carbocycles. The number of hydrogen-bond acceptors (Lipinski definition) is 2. The lowest BCUT2D eigenvalue weighted by atomic mass is 10.1. The lowest BCUT2D eigenvalue weighted by molar-refractivity contribution is -0.125. The molecular weight excluding hydrogens is 216 g/mol. The molecule has 0 aromatic heterocycles. The molecule has 3 aliphatic rings. The molecule has 17 heavy (non-hydrogen) atoms. The normalized spacial score (nSPS) is 25.2. The Bertz CT molecular complexity index is 330. The van der Waals surface area contributed by atoms with E-state index < -0.39 is 0 Å². The molecule has 0 unspecified atom stereocenters. The largest absolute Gasteiger partial charge is 0.354 e. The molecule has 0 aliphatic heterocycles. The Kier molecular flexibility index (Phi) is 2.81. The molecule has 0 aromatic rings. The van der Waals surface area contributed by atoms with Crippen molar-refractivity contribution in [2.24, 2.45) is 17.8 Å². The van der Waals surface area contributed by atoms with Crippen LogP contribution in [0.3, 0.4) is 0 Å². The summed E-state index contributed by atoms with van der Waals surface area (Å²) in [4.78, 5) is 23.3. The van der Waals surface area contributed by atoms with Crippen LogP contribution in [-0.4, -0.2) is 24.4 Å². The van der Waals surface area contributed by atoms with E-state index in [1.165, 1.54) is 12.8 Å². The summed E-state index contributed by atoms with van der Waals surface area (Å²) in [6.45, 7) is 0.623. The van der Waals surface area contributed by atoms with E-state index in [9.17, 15) is 9.59 Å². The van der Waals surface area contributed by atoms with Crippen molar-refractivity contribution in [1.29, 1.82) is 0 Å². The Balaban J connectivity index is 1.45. The van der Waals surface area contributed by atoms with Crippen molar-refractivity contribution in [2.75, 3.05) is 6.54 Å². The maximum atomic E-state index is 11.7. The van der Waals surface area contributed by atoms with Crippen molar-refractivity contribution in [3.8, 4) is 0 Å². The molecule has 4 heteroatoms. The molecule has 3 fully saturated rings. The summed E-state index contributed by atoms with van der Waals surface area (Å²) in [7, 11) is 0. The average molecular weight is 236 g/mol. The SMILES string of the molecule is O=C(NC[C@H](NC(=O)C1CC1)C1CC1)C1CC1. The van der Waals surface area contributed by atoms with E-state index in [0.29, 0.717) is 12.5 Å². The summed E-state index contributed by atoms with van der Waals surface area (Å²) in [5.41, 5.74) is 0. The maximum Gasteiger partial charge on any atom is 0.223 e. The first-order valence-electron chi connectivity index (χ1n) is 6.82. The predicted octanol–water partition coefficient (Wildman–Crippen LogP) is 0.817. The molecule has 2 N–H and O–H groups in total. The van der Waals surface area contributed by atoms with Gasteiger partial charge in [-0.3, -0.25) is 9.59 Å². The highest BCUT2D eigenvalue weighted by Crippen LogP contribution is 2.34. The smallest absolute Gasteiger partial charge is 0.223 e. The minimum Gasteiger partial charge on any atom is -0.354 e. The van der Waals surface area contributed by atoms with Crippen molar-refractivity contribution in [1.82, 2.24) is 10.6 Å². The molecule has 1 atom stereocenters. The molecule has 2 amide bonds. The van der Waals surface area contributed by atoms with Crippen LogP contribution in [0.2, 0.25) is 0 Å². The minimum absolute atomic E-state index is 0.172. The topological polar surface area (TPSA) is 58.2 Å². The summed E-state index contributed by atoms with van der Waals surface area (Å²) in [5.74, 6) is 1.49. The maximum absolute atomic E-state index is 11.7. The zero-order valence-corrected chi connectivity index (χ0v) is 10.1. The van der Waals surface area contributed by atoms with Crippen LogP contribution in [0, 0.1) is 17.8 Å². The number of carbonyl (C=O) groups excluding carboxylic acids is 2. The van der Waals surface area contributed by atoms with Gasteiger partial charge in [0.05, 0.1) is 0 Å². The van der Waals surface area contributed by atoms with Crippen molar-refractivity contribution < 1.29 is 9.59 Å². The Morgan fingerprint density at radius 3 is 2.06 bits per heavy atom. The summed E-state index contributed by atoms with van der Waals surface area (Å²) in [6, 6.07) is 0.172. The van der Waals surface area contributed by atoms with Crippen LogP contribution in [0.5, 0.6) is 0 Å². The number of nitrogens with one attached hydrogen (secondary N) is 2. The number of rotatable bonds is 6. The van der Waals surface area contributed by atoms with Gasteiger partial charge in [-0.1, -0.05) is 0 Å². The Labute approximate surface area is 102 Å². The third kappa shape index (κ3) is 2.99. The minimum atomic E-state index is 0.172. The van der Waals surface area contributed by atoms with Gasteiger partial charge >= 0.3 is 0 Å².